The highest BCUT2D eigenvalue weighted by Crippen LogP contribution is 2.45. The number of rotatable bonds is 4. The molecule has 3 heteroatoms. The second-order valence-electron chi connectivity index (χ2n) is 6.12. The summed E-state index contributed by atoms with van der Waals surface area (Å²) in [6, 6.07) is 6.79. The summed E-state index contributed by atoms with van der Waals surface area (Å²) in [6.07, 6.45) is 4.50. The summed E-state index contributed by atoms with van der Waals surface area (Å²) in [5, 5.41) is 13.1. The zero-order valence-electron chi connectivity index (χ0n) is 11.6. The van der Waals surface area contributed by atoms with Gasteiger partial charge in [-0.1, -0.05) is 17.7 Å². The molecule has 0 bridgehead atoms. The average molecular weight is 261 g/mol. The molecule has 1 aromatic carbocycles. The molecule has 1 heterocycles. The van der Waals surface area contributed by atoms with E-state index in [1.54, 1.807) is 0 Å². The maximum absolute atomic E-state index is 9.42. The van der Waals surface area contributed by atoms with Gasteiger partial charge in [-0.3, -0.25) is 0 Å². The number of nitrogens with one attached hydrogen (secondary N) is 1. The van der Waals surface area contributed by atoms with Crippen LogP contribution in [-0.4, -0.2) is 24.9 Å². The van der Waals surface area contributed by atoms with Crippen LogP contribution in [0.5, 0.6) is 5.75 Å². The monoisotopic (exact) mass is 261 g/mol. The number of aliphatic hydroxyl groups excluding tert-OH is 1. The van der Waals surface area contributed by atoms with Gasteiger partial charge in [-0.05, 0) is 38.7 Å². The fraction of sp³-hybridized carbons (Fsp3) is 0.625. The second-order valence-corrected chi connectivity index (χ2v) is 6.12. The molecule has 1 saturated carbocycles. The molecule has 0 radical (unpaired) electrons. The van der Waals surface area contributed by atoms with Gasteiger partial charge < -0.3 is 15.2 Å². The fourth-order valence-corrected chi connectivity index (χ4v) is 2.82. The first kappa shape index (κ1) is 12.9. The Bertz CT molecular complexity index is 454. The van der Waals surface area contributed by atoms with Crippen molar-refractivity contribution in [3.05, 3.63) is 29.3 Å². The maximum atomic E-state index is 9.42. The maximum Gasteiger partial charge on any atom is 0.124 e. The van der Waals surface area contributed by atoms with E-state index in [1.165, 1.54) is 11.1 Å². The summed E-state index contributed by atoms with van der Waals surface area (Å²) in [5.41, 5.74) is 2.72. The lowest BCUT2D eigenvalue weighted by atomic mass is 9.99. The highest BCUT2D eigenvalue weighted by atomic mass is 16.5. The minimum absolute atomic E-state index is 0.164. The minimum Gasteiger partial charge on any atom is -0.493 e. The standard InChI is InChI=1S/C16H23NO2/c1-12-4-5-15-13(9-12)14(3-2-8-19-15)17-10-16(11-18)6-7-16/h4-5,9,14,17-18H,2-3,6-8,10-11H2,1H3. The minimum atomic E-state index is 0.164. The van der Waals surface area contributed by atoms with E-state index in [-0.39, 0.29) is 5.41 Å². The van der Waals surface area contributed by atoms with Gasteiger partial charge in [-0.15, -0.1) is 0 Å². The van der Waals surface area contributed by atoms with Gasteiger partial charge in [-0.2, -0.15) is 0 Å². The summed E-state index contributed by atoms with van der Waals surface area (Å²) in [7, 11) is 0. The molecule has 2 aliphatic rings. The van der Waals surface area contributed by atoms with Crippen LogP contribution >= 0.6 is 0 Å². The summed E-state index contributed by atoms with van der Waals surface area (Å²) in [4.78, 5) is 0. The lowest BCUT2D eigenvalue weighted by molar-refractivity contribution is 0.203. The van der Waals surface area contributed by atoms with Gasteiger partial charge in [0.15, 0.2) is 0 Å². The lowest BCUT2D eigenvalue weighted by Gasteiger charge is -2.22. The van der Waals surface area contributed by atoms with E-state index in [2.05, 4.69) is 30.4 Å². The van der Waals surface area contributed by atoms with Crippen molar-refractivity contribution in [2.24, 2.45) is 5.41 Å². The van der Waals surface area contributed by atoms with Crippen LogP contribution in [0, 0.1) is 12.3 Å². The second kappa shape index (κ2) is 5.14. The van der Waals surface area contributed by atoms with Crippen LogP contribution in [0.25, 0.3) is 0 Å². The third-order valence-electron chi connectivity index (χ3n) is 4.45. The van der Waals surface area contributed by atoms with Crippen molar-refractivity contribution in [1.82, 2.24) is 5.32 Å². The molecule has 1 aliphatic heterocycles. The van der Waals surface area contributed by atoms with Gasteiger partial charge in [0, 0.05) is 30.2 Å². The summed E-state index contributed by atoms with van der Waals surface area (Å²) in [6.45, 7) is 4.16. The third kappa shape index (κ3) is 2.77. The van der Waals surface area contributed by atoms with E-state index >= 15 is 0 Å². The zero-order chi connectivity index (χ0) is 13.3. The number of aliphatic hydroxyl groups is 1. The van der Waals surface area contributed by atoms with Crippen LogP contribution in [0.4, 0.5) is 0 Å². The van der Waals surface area contributed by atoms with E-state index in [0.29, 0.717) is 12.6 Å². The molecule has 0 spiro atoms. The van der Waals surface area contributed by atoms with Crippen LogP contribution in [0.2, 0.25) is 0 Å². The third-order valence-corrected chi connectivity index (χ3v) is 4.45. The zero-order valence-corrected chi connectivity index (χ0v) is 11.6. The fourth-order valence-electron chi connectivity index (χ4n) is 2.82. The molecule has 0 saturated heterocycles. The van der Waals surface area contributed by atoms with E-state index < -0.39 is 0 Å². The van der Waals surface area contributed by atoms with Crippen LogP contribution < -0.4 is 10.1 Å². The molecule has 1 fully saturated rings. The van der Waals surface area contributed by atoms with Crippen LogP contribution in [0.15, 0.2) is 18.2 Å². The Morgan fingerprint density at radius 1 is 1.42 bits per heavy atom. The Hall–Kier alpha value is -1.06. The molecule has 2 N–H and O–H groups in total. The van der Waals surface area contributed by atoms with E-state index in [0.717, 1.165) is 44.6 Å². The Morgan fingerprint density at radius 3 is 3.00 bits per heavy atom. The number of benzene rings is 1. The molecular weight excluding hydrogens is 238 g/mol. The molecule has 1 atom stereocenters. The first-order valence-corrected chi connectivity index (χ1v) is 7.30. The SMILES string of the molecule is Cc1ccc2c(c1)C(NCC1(CO)CC1)CCCO2. The van der Waals surface area contributed by atoms with Gasteiger partial charge in [-0.25, -0.2) is 0 Å². The predicted octanol–water partition coefficient (Wildman–Crippen LogP) is 2.57. The van der Waals surface area contributed by atoms with Crippen molar-refractivity contribution >= 4 is 0 Å². The molecule has 1 aromatic rings. The van der Waals surface area contributed by atoms with Crippen molar-refractivity contribution in [2.45, 2.75) is 38.6 Å². The topological polar surface area (TPSA) is 41.5 Å². The van der Waals surface area contributed by atoms with E-state index in [1.807, 2.05) is 0 Å². The first-order chi connectivity index (χ1) is 9.22. The van der Waals surface area contributed by atoms with E-state index in [9.17, 15) is 5.11 Å². The van der Waals surface area contributed by atoms with Crippen molar-refractivity contribution in [3.8, 4) is 5.75 Å². The smallest absolute Gasteiger partial charge is 0.124 e. The van der Waals surface area contributed by atoms with Gasteiger partial charge in [0.2, 0.25) is 0 Å². The number of fused-ring (bicyclic) bond motifs is 1. The highest BCUT2D eigenvalue weighted by molar-refractivity contribution is 5.39. The molecule has 3 rings (SSSR count). The molecule has 19 heavy (non-hydrogen) atoms. The van der Waals surface area contributed by atoms with Gasteiger partial charge in [0.25, 0.3) is 0 Å². The van der Waals surface area contributed by atoms with Crippen molar-refractivity contribution < 1.29 is 9.84 Å². The van der Waals surface area contributed by atoms with Gasteiger partial charge >= 0.3 is 0 Å². The quantitative estimate of drug-likeness (QED) is 0.875. The largest absolute Gasteiger partial charge is 0.493 e. The normalized spacial score (nSPS) is 24.2. The number of aryl methyl sites for hydroxylation is 1. The van der Waals surface area contributed by atoms with Gasteiger partial charge in [0.1, 0.15) is 5.75 Å². The Kier molecular flexibility index (Phi) is 3.50. The van der Waals surface area contributed by atoms with Crippen molar-refractivity contribution in [3.63, 3.8) is 0 Å². The first-order valence-electron chi connectivity index (χ1n) is 7.30. The van der Waals surface area contributed by atoms with Crippen molar-refractivity contribution in [1.29, 1.82) is 0 Å². The highest BCUT2D eigenvalue weighted by Gasteiger charge is 2.42. The van der Waals surface area contributed by atoms with Crippen LogP contribution in [-0.2, 0) is 0 Å². The summed E-state index contributed by atoms with van der Waals surface area (Å²) < 4.78 is 5.82. The van der Waals surface area contributed by atoms with Crippen molar-refractivity contribution in [2.75, 3.05) is 19.8 Å². The number of ether oxygens (including phenoxy) is 1. The summed E-state index contributed by atoms with van der Waals surface area (Å²) in [5.74, 6) is 1.02. The van der Waals surface area contributed by atoms with Gasteiger partial charge in [0.05, 0.1) is 6.61 Å². The molecule has 3 nitrogen and oxygen atoms in total. The van der Waals surface area contributed by atoms with E-state index in [4.69, 9.17) is 4.74 Å². The molecule has 104 valence electrons. The molecular formula is C16H23NO2. The molecule has 0 amide bonds. The van der Waals surface area contributed by atoms with Crippen LogP contribution in [0.1, 0.15) is 42.9 Å². The Morgan fingerprint density at radius 2 is 2.26 bits per heavy atom. The lowest BCUT2D eigenvalue weighted by Crippen LogP contribution is -2.30. The average Bonchev–Trinajstić information content (AvgIpc) is 3.21. The number of hydrogen-bond acceptors (Lipinski definition) is 3. The molecule has 1 aliphatic carbocycles. The number of hydrogen-bond donors (Lipinski definition) is 2. The molecule has 0 aromatic heterocycles. The Balaban J connectivity index is 1.76. The predicted molar refractivity (Wildman–Crippen MR) is 75.4 cm³/mol. The Labute approximate surface area is 115 Å². The summed E-state index contributed by atoms with van der Waals surface area (Å²) >= 11 is 0. The molecule has 1 unspecified atom stereocenters. The van der Waals surface area contributed by atoms with Crippen LogP contribution in [0.3, 0.4) is 0 Å².